The van der Waals surface area contributed by atoms with Crippen molar-refractivity contribution in [2.75, 3.05) is 6.61 Å². The predicted molar refractivity (Wildman–Crippen MR) is 170 cm³/mol. The summed E-state index contributed by atoms with van der Waals surface area (Å²) in [5, 5.41) is 63.0. The molecule has 6 N–H and O–H groups in total. The smallest absolute Gasteiger partial charge is 0.338 e. The van der Waals surface area contributed by atoms with Crippen molar-refractivity contribution in [1.82, 2.24) is 0 Å². The van der Waals surface area contributed by atoms with Crippen molar-refractivity contribution in [3.63, 3.8) is 0 Å². The van der Waals surface area contributed by atoms with Gasteiger partial charge in [0.05, 0.1) is 29.8 Å². The molecule has 5 aliphatic rings. The first-order valence-corrected chi connectivity index (χ1v) is 17.0. The molecule has 9 nitrogen and oxygen atoms in total. The molecule has 6 rings (SSSR count). The molecule has 1 aromatic rings. The topological polar surface area (TPSA) is 165 Å². The normalized spacial score (nSPS) is 44.4. The highest BCUT2D eigenvalue weighted by molar-refractivity contribution is 5.91. The number of phenolic OH excluding ortho intramolecular Hbond substituents is 3. The summed E-state index contributed by atoms with van der Waals surface area (Å²) in [4.78, 5) is 26.0. The van der Waals surface area contributed by atoms with E-state index in [1.54, 1.807) is 0 Å². The molecule has 0 amide bonds. The molecule has 4 fully saturated rings. The molecule has 0 bridgehead atoms. The van der Waals surface area contributed by atoms with Crippen LogP contribution in [-0.2, 0) is 9.53 Å². The molecule has 5 aliphatic carbocycles. The van der Waals surface area contributed by atoms with Crippen molar-refractivity contribution in [3.8, 4) is 17.2 Å². The number of allylic oxidation sites excluding steroid dienone is 2. The molecule has 0 aliphatic heterocycles. The molecule has 254 valence electrons. The van der Waals surface area contributed by atoms with E-state index in [1.807, 2.05) is 6.92 Å². The minimum Gasteiger partial charge on any atom is -0.504 e. The Bertz CT molecular complexity index is 1460. The van der Waals surface area contributed by atoms with E-state index < -0.39 is 57.6 Å². The number of aromatic hydroxyl groups is 3. The van der Waals surface area contributed by atoms with Gasteiger partial charge in [0, 0.05) is 5.41 Å². The average Bonchev–Trinajstić information content (AvgIpc) is 2.97. The number of carbonyl (C=O) groups is 2. The number of ether oxygens (including phenoxy) is 1. The fraction of sp³-hybridized carbons (Fsp3) is 0.730. The standard InChI is InChI=1S/C37H52O9/c1-32(2)11-13-37(31(44)45)14-12-35(5)21(22(37)17-32)7-8-27-33(3)18-25(40)29(42)34(4,26(33)9-10-36(27,35)6)19-46-30(43)20-15-23(38)28(41)24(39)16-20/h7,15-16,22,25-27,29,38-42H,8-14,17-19H2,1-6H3,(H,44,45). The number of carboxylic acids is 1. The van der Waals surface area contributed by atoms with Gasteiger partial charge < -0.3 is 35.4 Å². The zero-order valence-electron chi connectivity index (χ0n) is 28.1. The Hall–Kier alpha value is -2.78. The fourth-order valence-electron chi connectivity index (χ4n) is 11.8. The molecule has 0 radical (unpaired) electrons. The summed E-state index contributed by atoms with van der Waals surface area (Å²) in [5.41, 5.74) is -1.20. The second-order valence-electron chi connectivity index (χ2n) is 17.3. The third kappa shape index (κ3) is 4.39. The molecule has 10 unspecified atom stereocenters. The van der Waals surface area contributed by atoms with Gasteiger partial charge in [0.25, 0.3) is 0 Å². The van der Waals surface area contributed by atoms with Crippen molar-refractivity contribution in [2.45, 2.75) is 112 Å². The lowest BCUT2D eigenvalue weighted by atomic mass is 9.33. The van der Waals surface area contributed by atoms with Crippen LogP contribution in [0, 0.1) is 50.2 Å². The monoisotopic (exact) mass is 640 g/mol. The number of phenols is 3. The Balaban J connectivity index is 1.34. The maximum absolute atomic E-state index is 13.1. The highest BCUT2D eigenvalue weighted by atomic mass is 16.5. The lowest BCUT2D eigenvalue weighted by molar-refractivity contribution is -0.243. The molecular formula is C37H52O9. The van der Waals surface area contributed by atoms with Crippen LogP contribution in [-0.4, -0.2) is 61.4 Å². The zero-order valence-corrected chi connectivity index (χ0v) is 28.1. The number of rotatable bonds is 4. The van der Waals surface area contributed by atoms with Crippen LogP contribution in [0.2, 0.25) is 0 Å². The van der Waals surface area contributed by atoms with Crippen LogP contribution in [0.15, 0.2) is 23.8 Å². The van der Waals surface area contributed by atoms with Crippen molar-refractivity contribution in [2.24, 2.45) is 50.2 Å². The van der Waals surface area contributed by atoms with Crippen molar-refractivity contribution in [1.29, 1.82) is 0 Å². The van der Waals surface area contributed by atoms with E-state index in [1.165, 1.54) is 5.57 Å². The number of carbonyl (C=O) groups excluding carboxylic acids is 1. The predicted octanol–water partition coefficient (Wildman–Crippen LogP) is 6.16. The second-order valence-corrected chi connectivity index (χ2v) is 17.3. The third-order valence-electron chi connectivity index (χ3n) is 14.6. The maximum atomic E-state index is 13.1. The Morgan fingerprint density at radius 2 is 1.50 bits per heavy atom. The molecule has 10 atom stereocenters. The first-order chi connectivity index (χ1) is 21.3. The van der Waals surface area contributed by atoms with Gasteiger partial charge in [-0.25, -0.2) is 4.79 Å². The van der Waals surface area contributed by atoms with E-state index in [2.05, 4.69) is 40.7 Å². The van der Waals surface area contributed by atoms with Crippen molar-refractivity contribution >= 4 is 11.9 Å². The number of benzene rings is 1. The molecule has 0 aromatic heterocycles. The van der Waals surface area contributed by atoms with Gasteiger partial charge in [0.1, 0.15) is 0 Å². The quantitative estimate of drug-likeness (QED) is 0.128. The first kappa shape index (κ1) is 33.1. The molecule has 4 saturated carbocycles. The van der Waals surface area contributed by atoms with Gasteiger partial charge in [-0.2, -0.15) is 0 Å². The lowest BCUT2D eigenvalue weighted by Crippen LogP contribution is -2.68. The summed E-state index contributed by atoms with van der Waals surface area (Å²) in [5.74, 6) is -3.44. The van der Waals surface area contributed by atoms with Crippen LogP contribution in [0.4, 0.5) is 0 Å². The lowest BCUT2D eigenvalue weighted by Gasteiger charge is -2.71. The van der Waals surface area contributed by atoms with Gasteiger partial charge in [0.15, 0.2) is 17.2 Å². The summed E-state index contributed by atoms with van der Waals surface area (Å²) in [6.45, 7) is 13.2. The van der Waals surface area contributed by atoms with Crippen molar-refractivity contribution in [3.05, 3.63) is 29.3 Å². The number of aliphatic hydroxyl groups excluding tert-OH is 2. The largest absolute Gasteiger partial charge is 0.504 e. The number of aliphatic hydroxyl groups is 2. The zero-order chi connectivity index (χ0) is 33.8. The Morgan fingerprint density at radius 3 is 2.13 bits per heavy atom. The molecule has 0 spiro atoms. The summed E-state index contributed by atoms with van der Waals surface area (Å²) in [6.07, 6.45) is 6.97. The van der Waals surface area contributed by atoms with Gasteiger partial charge in [-0.05, 0) is 109 Å². The van der Waals surface area contributed by atoms with Gasteiger partial charge in [0.2, 0.25) is 0 Å². The number of hydrogen-bond donors (Lipinski definition) is 6. The van der Waals surface area contributed by atoms with Crippen LogP contribution >= 0.6 is 0 Å². The van der Waals surface area contributed by atoms with Crippen LogP contribution in [0.25, 0.3) is 0 Å². The third-order valence-corrected chi connectivity index (χ3v) is 14.6. The minimum absolute atomic E-state index is 0.00183. The van der Waals surface area contributed by atoms with E-state index in [0.717, 1.165) is 50.7 Å². The van der Waals surface area contributed by atoms with Crippen LogP contribution < -0.4 is 0 Å². The van der Waals surface area contributed by atoms with E-state index in [0.29, 0.717) is 19.3 Å². The Labute approximate surface area is 271 Å². The highest BCUT2D eigenvalue weighted by Crippen LogP contribution is 2.75. The van der Waals surface area contributed by atoms with E-state index in [-0.39, 0.29) is 46.2 Å². The molecule has 0 saturated heterocycles. The molecule has 0 heterocycles. The molecular weight excluding hydrogens is 588 g/mol. The first-order valence-electron chi connectivity index (χ1n) is 17.0. The maximum Gasteiger partial charge on any atom is 0.338 e. The summed E-state index contributed by atoms with van der Waals surface area (Å²) >= 11 is 0. The molecule has 9 heteroatoms. The average molecular weight is 641 g/mol. The van der Waals surface area contributed by atoms with Gasteiger partial charge in [-0.15, -0.1) is 0 Å². The van der Waals surface area contributed by atoms with Gasteiger partial charge in [-0.1, -0.05) is 53.2 Å². The highest BCUT2D eigenvalue weighted by Gasteiger charge is 2.70. The van der Waals surface area contributed by atoms with E-state index in [4.69, 9.17) is 4.74 Å². The molecule has 46 heavy (non-hydrogen) atoms. The molecule has 1 aromatic carbocycles. The SMILES string of the molecule is CC1(C)CCC2(C(=O)O)CCC3(C)C(=CCC4C5(C)CC(O)C(O)C(C)(COC(=O)c6cc(O)c(O)c(O)c6)C5CCC43C)C2C1. The Kier molecular flexibility index (Phi) is 7.46. The van der Waals surface area contributed by atoms with Crippen molar-refractivity contribution < 1.29 is 45.0 Å². The number of aliphatic carboxylic acids is 1. The number of esters is 1. The van der Waals surface area contributed by atoms with Crippen LogP contribution in [0.1, 0.15) is 110 Å². The fourth-order valence-corrected chi connectivity index (χ4v) is 11.8. The summed E-state index contributed by atoms with van der Waals surface area (Å²) < 4.78 is 5.73. The number of hydrogen-bond acceptors (Lipinski definition) is 8. The minimum atomic E-state index is -1.13. The summed E-state index contributed by atoms with van der Waals surface area (Å²) in [6, 6.07) is 2.04. The Morgan fingerprint density at radius 1 is 0.870 bits per heavy atom. The second kappa shape index (κ2) is 10.4. The van der Waals surface area contributed by atoms with E-state index in [9.17, 15) is 40.2 Å². The summed E-state index contributed by atoms with van der Waals surface area (Å²) in [7, 11) is 0. The number of carboxylic acid groups (broad SMARTS) is 1. The van der Waals surface area contributed by atoms with Gasteiger partial charge in [-0.3, -0.25) is 4.79 Å². The van der Waals surface area contributed by atoms with Gasteiger partial charge >= 0.3 is 11.9 Å². The van der Waals surface area contributed by atoms with E-state index >= 15 is 0 Å². The van der Waals surface area contributed by atoms with Crippen LogP contribution in [0.5, 0.6) is 17.2 Å². The van der Waals surface area contributed by atoms with Crippen LogP contribution in [0.3, 0.4) is 0 Å². The number of fused-ring (bicyclic) bond motifs is 7.